The lowest BCUT2D eigenvalue weighted by Crippen LogP contribution is -2.15. The van der Waals surface area contributed by atoms with Gasteiger partial charge in [-0.15, -0.1) is 10.2 Å². The molecule has 29 heavy (non-hydrogen) atoms. The predicted molar refractivity (Wildman–Crippen MR) is 116 cm³/mol. The van der Waals surface area contributed by atoms with Crippen LogP contribution in [0.25, 0.3) is 0 Å². The highest BCUT2D eigenvalue weighted by atomic mass is 32.2. The van der Waals surface area contributed by atoms with Crippen molar-refractivity contribution in [2.24, 2.45) is 0 Å². The van der Waals surface area contributed by atoms with Crippen molar-refractivity contribution in [2.75, 3.05) is 11.1 Å². The van der Waals surface area contributed by atoms with E-state index in [1.165, 1.54) is 17.3 Å². The van der Waals surface area contributed by atoms with E-state index in [0.29, 0.717) is 18.3 Å². The zero-order valence-electron chi connectivity index (χ0n) is 17.2. The molecule has 7 heteroatoms. The molecule has 0 aliphatic rings. The average molecular weight is 411 g/mol. The van der Waals surface area contributed by atoms with Crippen molar-refractivity contribution in [3.05, 3.63) is 65.0 Å². The Balaban J connectivity index is 1.58. The van der Waals surface area contributed by atoms with Gasteiger partial charge in [-0.25, -0.2) is 0 Å². The summed E-state index contributed by atoms with van der Waals surface area (Å²) in [5.74, 6) is 1.74. The number of aryl methyl sites for hydroxylation is 3. The molecule has 0 aliphatic carbocycles. The summed E-state index contributed by atoms with van der Waals surface area (Å²) >= 11 is 1.37. The molecule has 3 aromatic rings. The van der Waals surface area contributed by atoms with Crippen LogP contribution in [0.3, 0.4) is 0 Å². The molecule has 0 unspecified atom stereocenters. The highest BCUT2D eigenvalue weighted by molar-refractivity contribution is 7.99. The minimum absolute atomic E-state index is 0.0666. The van der Waals surface area contributed by atoms with Crippen molar-refractivity contribution >= 4 is 23.4 Å². The van der Waals surface area contributed by atoms with Crippen LogP contribution in [0.5, 0.6) is 5.75 Å². The SMILES string of the molecule is CCn1c(COc2ccc(C)cc2)nnc1SCC(=O)Nc1cc(C)cc(C)c1. The fourth-order valence-corrected chi connectivity index (χ4v) is 3.83. The molecule has 1 N–H and O–H groups in total. The summed E-state index contributed by atoms with van der Waals surface area (Å²) in [7, 11) is 0. The van der Waals surface area contributed by atoms with Crippen LogP contribution in [0.15, 0.2) is 47.6 Å². The minimum atomic E-state index is -0.0666. The molecule has 0 saturated carbocycles. The number of benzene rings is 2. The maximum Gasteiger partial charge on any atom is 0.234 e. The first kappa shape index (κ1) is 20.9. The molecule has 0 saturated heterocycles. The Kier molecular flexibility index (Phi) is 6.93. The first-order valence-corrected chi connectivity index (χ1v) is 10.6. The molecule has 2 aromatic carbocycles. The van der Waals surface area contributed by atoms with E-state index in [1.807, 2.05) is 68.7 Å². The molecule has 6 nitrogen and oxygen atoms in total. The number of nitrogens with zero attached hydrogens (tertiary/aromatic N) is 3. The molecule has 0 fully saturated rings. The van der Waals surface area contributed by atoms with Gasteiger partial charge < -0.3 is 14.6 Å². The van der Waals surface area contributed by atoms with Crippen LogP contribution in [0.2, 0.25) is 0 Å². The summed E-state index contributed by atoms with van der Waals surface area (Å²) in [6.45, 7) is 9.14. The van der Waals surface area contributed by atoms with E-state index in [4.69, 9.17) is 4.74 Å². The first-order chi connectivity index (χ1) is 13.9. The fourth-order valence-electron chi connectivity index (χ4n) is 3.01. The summed E-state index contributed by atoms with van der Waals surface area (Å²) in [5.41, 5.74) is 4.25. The minimum Gasteiger partial charge on any atom is -0.486 e. The number of amides is 1. The van der Waals surface area contributed by atoms with Gasteiger partial charge in [-0.3, -0.25) is 4.79 Å². The number of carbonyl (C=O) groups is 1. The van der Waals surface area contributed by atoms with Gasteiger partial charge in [0.15, 0.2) is 11.0 Å². The Bertz CT molecular complexity index is 963. The van der Waals surface area contributed by atoms with Gasteiger partial charge in [0.2, 0.25) is 5.91 Å². The van der Waals surface area contributed by atoms with Crippen molar-refractivity contribution in [1.29, 1.82) is 0 Å². The van der Waals surface area contributed by atoms with Crippen LogP contribution in [-0.2, 0) is 17.9 Å². The van der Waals surface area contributed by atoms with E-state index in [2.05, 4.69) is 21.6 Å². The van der Waals surface area contributed by atoms with E-state index in [9.17, 15) is 4.79 Å². The molecular weight excluding hydrogens is 384 g/mol. The Morgan fingerprint density at radius 3 is 2.38 bits per heavy atom. The van der Waals surface area contributed by atoms with Gasteiger partial charge in [0.25, 0.3) is 0 Å². The van der Waals surface area contributed by atoms with Gasteiger partial charge in [0, 0.05) is 12.2 Å². The number of carbonyl (C=O) groups excluding carboxylic acids is 1. The quantitative estimate of drug-likeness (QED) is 0.553. The molecule has 1 aromatic heterocycles. The molecular formula is C22H26N4O2S. The number of rotatable bonds is 8. The third-order valence-corrected chi connectivity index (χ3v) is 5.30. The lowest BCUT2D eigenvalue weighted by Gasteiger charge is -2.10. The highest BCUT2D eigenvalue weighted by Crippen LogP contribution is 2.20. The molecule has 0 atom stereocenters. The summed E-state index contributed by atoms with van der Waals surface area (Å²) in [5, 5.41) is 12.1. The van der Waals surface area contributed by atoms with Crippen molar-refractivity contribution in [3.63, 3.8) is 0 Å². The highest BCUT2D eigenvalue weighted by Gasteiger charge is 2.14. The standard InChI is InChI=1S/C22H26N4O2S/c1-5-26-20(13-28-19-8-6-15(2)7-9-19)24-25-22(26)29-14-21(27)23-18-11-16(3)10-17(4)12-18/h6-12H,5,13-14H2,1-4H3,(H,23,27). The summed E-state index contributed by atoms with van der Waals surface area (Å²) < 4.78 is 7.79. The molecule has 1 heterocycles. The Morgan fingerprint density at radius 1 is 1.03 bits per heavy atom. The van der Waals surface area contributed by atoms with Gasteiger partial charge >= 0.3 is 0 Å². The first-order valence-electron chi connectivity index (χ1n) is 9.57. The molecule has 0 bridgehead atoms. The van der Waals surface area contributed by atoms with Crippen molar-refractivity contribution in [1.82, 2.24) is 14.8 Å². The van der Waals surface area contributed by atoms with E-state index in [0.717, 1.165) is 28.4 Å². The maximum atomic E-state index is 12.3. The monoisotopic (exact) mass is 410 g/mol. The van der Waals surface area contributed by atoms with Crippen molar-refractivity contribution < 1.29 is 9.53 Å². The summed E-state index contributed by atoms with van der Waals surface area (Å²) in [6, 6.07) is 13.9. The van der Waals surface area contributed by atoms with E-state index in [1.54, 1.807) is 0 Å². The zero-order valence-corrected chi connectivity index (χ0v) is 18.0. The maximum absolute atomic E-state index is 12.3. The molecule has 152 valence electrons. The average Bonchev–Trinajstić information content (AvgIpc) is 3.07. The van der Waals surface area contributed by atoms with Gasteiger partial charge in [-0.2, -0.15) is 0 Å². The second kappa shape index (κ2) is 9.60. The predicted octanol–water partition coefficient (Wildman–Crippen LogP) is 4.53. The van der Waals surface area contributed by atoms with Crippen LogP contribution in [-0.4, -0.2) is 26.4 Å². The van der Waals surface area contributed by atoms with Gasteiger partial charge in [0.05, 0.1) is 5.75 Å². The number of thioether (sulfide) groups is 1. The molecule has 3 rings (SSSR count). The Hall–Kier alpha value is -2.80. The number of nitrogens with one attached hydrogen (secondary N) is 1. The number of hydrogen-bond donors (Lipinski definition) is 1. The Morgan fingerprint density at radius 2 is 1.72 bits per heavy atom. The van der Waals surface area contributed by atoms with Crippen molar-refractivity contribution in [2.45, 2.75) is 46.0 Å². The fraction of sp³-hybridized carbons (Fsp3) is 0.318. The molecule has 1 amide bonds. The summed E-state index contributed by atoms with van der Waals surface area (Å²) in [4.78, 5) is 12.3. The Labute approximate surface area is 175 Å². The zero-order chi connectivity index (χ0) is 20.8. The number of anilines is 1. The normalized spacial score (nSPS) is 10.8. The third-order valence-electron chi connectivity index (χ3n) is 4.34. The number of ether oxygens (including phenoxy) is 1. The molecule has 0 aliphatic heterocycles. The van der Waals surface area contributed by atoms with Gasteiger partial charge in [-0.1, -0.05) is 35.5 Å². The lowest BCUT2D eigenvalue weighted by atomic mass is 10.1. The van der Waals surface area contributed by atoms with Crippen LogP contribution in [0, 0.1) is 20.8 Å². The van der Waals surface area contributed by atoms with E-state index >= 15 is 0 Å². The van der Waals surface area contributed by atoms with Crippen LogP contribution >= 0.6 is 11.8 Å². The van der Waals surface area contributed by atoms with Gasteiger partial charge in [0.1, 0.15) is 12.4 Å². The molecule has 0 spiro atoms. The van der Waals surface area contributed by atoms with Gasteiger partial charge in [-0.05, 0) is 63.1 Å². The van der Waals surface area contributed by atoms with Crippen LogP contribution in [0.4, 0.5) is 5.69 Å². The topological polar surface area (TPSA) is 69.0 Å². The molecule has 0 radical (unpaired) electrons. The smallest absolute Gasteiger partial charge is 0.234 e. The van der Waals surface area contributed by atoms with Crippen LogP contribution < -0.4 is 10.1 Å². The van der Waals surface area contributed by atoms with E-state index < -0.39 is 0 Å². The van der Waals surface area contributed by atoms with E-state index in [-0.39, 0.29) is 11.7 Å². The van der Waals surface area contributed by atoms with Crippen LogP contribution in [0.1, 0.15) is 29.4 Å². The third kappa shape index (κ3) is 5.84. The second-order valence-corrected chi connectivity index (χ2v) is 7.90. The summed E-state index contributed by atoms with van der Waals surface area (Å²) in [6.07, 6.45) is 0. The lowest BCUT2D eigenvalue weighted by molar-refractivity contribution is -0.113. The number of hydrogen-bond acceptors (Lipinski definition) is 5. The number of aromatic nitrogens is 3. The van der Waals surface area contributed by atoms with Crippen molar-refractivity contribution in [3.8, 4) is 5.75 Å². The second-order valence-electron chi connectivity index (χ2n) is 6.96. The largest absolute Gasteiger partial charge is 0.486 e.